The summed E-state index contributed by atoms with van der Waals surface area (Å²) in [4.78, 5) is 115. The van der Waals surface area contributed by atoms with E-state index in [1.165, 1.54) is 31.2 Å². The van der Waals surface area contributed by atoms with Gasteiger partial charge in [0.15, 0.2) is 23.5 Å². The van der Waals surface area contributed by atoms with Crippen LogP contribution < -0.4 is 70.8 Å². The number of nitrogens with zero attached hydrogens (tertiary/aromatic N) is 3. The number of unbranched alkanes of at least 4 members (excludes halogenated alkanes) is 2. The molecule has 34 heteroatoms. The number of amides is 8. The summed E-state index contributed by atoms with van der Waals surface area (Å²) in [5.41, 5.74) is 6.24. The molecule has 3 fully saturated rings. The number of ether oxygens (including phenoxy) is 1. The molecule has 0 saturated carbocycles. The van der Waals surface area contributed by atoms with Crippen LogP contribution in [0.4, 0.5) is 0 Å². The molecule has 0 aliphatic carbocycles. The Bertz CT molecular complexity index is 3340. The molecule has 0 bridgehead atoms. The van der Waals surface area contributed by atoms with Crippen LogP contribution in [-0.4, -0.2) is 220 Å². The Kier molecular flexibility index (Phi) is 24.8. The summed E-state index contributed by atoms with van der Waals surface area (Å²) in [5.74, 6) is -13.2. The first-order chi connectivity index (χ1) is 42.0. The first-order valence-electron chi connectivity index (χ1n) is 28.1. The number of benzene rings is 3. The standard InChI is InChI=1S/C56H71N9O23S.Na/c1-4-5-6-17-86-32-14-11-27(12-15-32)33-21-39(87-63-33)28-7-9-29(10-8-28)49(75)58-34-20-38(70)52(78)62-54(80)45-46(72)25(2)23-65(45)56(82)43(37(69)22-41(57)71)60-53(79)44(48(74)47(73)30-13-16-36(68)40(18-30)88-89(83,84)85)61-51(77)35-19-31(67)24-64(35)55(81)42(26(3)66)59-50(34)76;/h7-16,18,21,25-26,31,34-35,37-38,42-48,52,66-70,72-74,78H,4-6,17,19-20,22-24H2,1-3H3,(H2,57,71)(H,58,75)(H,59,76)(H,60,79)(H,61,77)(H,62,80)(H,83,84,85);/q;+1/p-1/t25-,26+,31+,34-,35?,37+,38-,42?,43-,44-,45?,46-,47-,48-,52+;/m0./s1. The molecule has 3 unspecified atom stereocenters. The number of carbonyl (C=O) groups is 8. The third-order valence-corrected chi connectivity index (χ3v) is 15.6. The number of hydrogen-bond acceptors (Lipinski definition) is 24. The molecule has 4 heterocycles. The van der Waals surface area contributed by atoms with Crippen LogP contribution in [0.5, 0.6) is 17.2 Å². The van der Waals surface area contributed by atoms with Gasteiger partial charge in [-0.05, 0) is 67.4 Å². The van der Waals surface area contributed by atoms with E-state index in [9.17, 15) is 97.3 Å². The van der Waals surface area contributed by atoms with Crippen LogP contribution in [-0.2, 0) is 44.0 Å². The zero-order chi connectivity index (χ0) is 65.3. The summed E-state index contributed by atoms with van der Waals surface area (Å²) in [7, 11) is -5.60. The van der Waals surface area contributed by atoms with E-state index in [-0.39, 0.29) is 35.1 Å². The predicted octanol–water partition coefficient (Wildman–Crippen LogP) is -7.24. The zero-order valence-corrected chi connectivity index (χ0v) is 51.8. The van der Waals surface area contributed by atoms with Crippen molar-refractivity contribution in [1.82, 2.24) is 41.5 Å². The summed E-state index contributed by atoms with van der Waals surface area (Å²) in [6.07, 6.45) is -17.3. The number of hydrogen-bond donors (Lipinski definition) is 15. The second-order valence-corrected chi connectivity index (χ2v) is 22.9. The molecule has 16 N–H and O–H groups in total. The number of aromatic hydroxyl groups is 1. The number of carbonyl (C=O) groups excluding carboxylic acids is 8. The zero-order valence-electron chi connectivity index (χ0n) is 49.0. The van der Waals surface area contributed by atoms with Gasteiger partial charge in [-0.3, -0.25) is 38.4 Å². The Hall–Kier alpha value is -7.38. The molecule has 8 amide bonds. The number of aliphatic hydroxyl groups excluding tert-OH is 8. The number of phenols is 1. The number of aromatic nitrogens is 1. The van der Waals surface area contributed by atoms with Crippen molar-refractivity contribution in [3.05, 3.63) is 83.9 Å². The van der Waals surface area contributed by atoms with Gasteiger partial charge < -0.3 is 106 Å². The van der Waals surface area contributed by atoms with E-state index < -0.39 is 198 Å². The topological polar surface area (TPSA) is 513 Å². The Morgan fingerprint density at radius 3 is 2.07 bits per heavy atom. The molecule has 3 aliphatic heterocycles. The number of fused-ring (bicyclic) bond motifs is 2. The minimum atomic E-state index is -5.60. The van der Waals surface area contributed by atoms with E-state index in [0.717, 1.165) is 32.3 Å². The molecule has 7 rings (SSSR count). The fourth-order valence-corrected chi connectivity index (χ4v) is 10.7. The van der Waals surface area contributed by atoms with Crippen molar-refractivity contribution in [2.45, 2.75) is 145 Å². The average molecular weight is 1290 g/mol. The number of aliphatic hydroxyl groups is 8. The SMILES string of the molecule is CCCCCOc1ccc(-c2cc(-c3ccc(C(=O)N[C@H]4C[C@H](O)[C@@H](O)NC(=O)C5[C@@H](O)[C@@H](C)CN5C(=O)[C@H]([C@H](O)CC(N)=O)NC(=O)[C@H]([C@H](O)[C@@H](O)c5ccc(O)c(OS(=O)(=O)[O-])c5)NC(=O)C5C[C@@H](O)CN5C(=O)C([C@@H](C)O)NC4=O)cc3)on2)cc1.[Na+]. The number of nitrogens with one attached hydrogen (secondary N) is 5. The van der Waals surface area contributed by atoms with Crippen molar-refractivity contribution in [3.63, 3.8) is 0 Å². The smallest absolute Gasteiger partial charge is 0.716 e. The summed E-state index contributed by atoms with van der Waals surface area (Å²) < 4.78 is 49.9. The maximum absolute atomic E-state index is 14.7. The Morgan fingerprint density at radius 1 is 0.800 bits per heavy atom. The number of rotatable bonds is 18. The summed E-state index contributed by atoms with van der Waals surface area (Å²) in [5, 5.41) is 116. The summed E-state index contributed by atoms with van der Waals surface area (Å²) in [6.45, 7) is 3.72. The summed E-state index contributed by atoms with van der Waals surface area (Å²) in [6, 6.07) is 3.37. The van der Waals surface area contributed by atoms with Crippen molar-refractivity contribution in [3.8, 4) is 39.8 Å². The normalized spacial score (nSPS) is 26.2. The molecule has 1 aromatic heterocycles. The van der Waals surface area contributed by atoms with Crippen molar-refractivity contribution >= 4 is 57.7 Å². The molecule has 484 valence electrons. The van der Waals surface area contributed by atoms with Gasteiger partial charge >= 0.3 is 29.6 Å². The molecule has 32 nitrogen and oxygen atoms in total. The fraction of sp³-hybridized carbons (Fsp3) is 0.482. The second kappa shape index (κ2) is 31.1. The first kappa shape index (κ1) is 71.7. The first-order valence-corrected chi connectivity index (χ1v) is 29.4. The van der Waals surface area contributed by atoms with Crippen LogP contribution in [0, 0.1) is 5.92 Å². The van der Waals surface area contributed by atoms with E-state index in [1.54, 1.807) is 30.3 Å². The Balaban J connectivity index is 0.0000129. The van der Waals surface area contributed by atoms with Gasteiger partial charge in [0.2, 0.25) is 41.4 Å². The third-order valence-electron chi connectivity index (χ3n) is 15.2. The van der Waals surface area contributed by atoms with E-state index in [2.05, 4.69) is 32.2 Å². The van der Waals surface area contributed by atoms with E-state index in [1.807, 2.05) is 10.6 Å². The van der Waals surface area contributed by atoms with Crippen LogP contribution in [0.1, 0.15) is 81.3 Å². The van der Waals surface area contributed by atoms with Crippen LogP contribution >= 0.6 is 0 Å². The average Bonchev–Trinajstić information content (AvgIpc) is 2.24. The quantitative estimate of drug-likeness (QED) is 0.0190. The van der Waals surface area contributed by atoms with Crippen LogP contribution in [0.3, 0.4) is 0 Å². The number of primary amides is 1. The molecule has 15 atom stereocenters. The number of nitrogens with two attached hydrogens (primary N) is 1. The van der Waals surface area contributed by atoms with Crippen molar-refractivity contribution < 1.29 is 140 Å². The van der Waals surface area contributed by atoms with Crippen LogP contribution in [0.15, 0.2) is 77.3 Å². The maximum atomic E-state index is 14.7. The van der Waals surface area contributed by atoms with Gasteiger partial charge in [0, 0.05) is 54.6 Å². The van der Waals surface area contributed by atoms with Gasteiger partial charge in [0.25, 0.3) is 16.3 Å². The molecule has 0 spiro atoms. The largest absolute Gasteiger partial charge is 1.00 e. The molecule has 90 heavy (non-hydrogen) atoms. The molecule has 3 aliphatic rings. The second-order valence-electron chi connectivity index (χ2n) is 21.9. The number of phenolic OH excluding ortho intramolecular Hbond substituents is 1. The molecular formula is C56H70N9NaO23S. The van der Waals surface area contributed by atoms with Gasteiger partial charge in [-0.25, -0.2) is 8.42 Å². The minimum absolute atomic E-state index is 0. The summed E-state index contributed by atoms with van der Waals surface area (Å²) >= 11 is 0. The van der Waals surface area contributed by atoms with Crippen molar-refractivity contribution in [2.75, 3.05) is 19.7 Å². The van der Waals surface area contributed by atoms with Crippen LogP contribution in [0.2, 0.25) is 0 Å². The Labute approximate surface area is 536 Å². The van der Waals surface area contributed by atoms with E-state index in [0.29, 0.717) is 56.9 Å². The van der Waals surface area contributed by atoms with Gasteiger partial charge in [-0.2, -0.15) is 0 Å². The van der Waals surface area contributed by atoms with E-state index in [4.69, 9.17) is 15.0 Å². The molecule has 3 aromatic carbocycles. The monoisotopic (exact) mass is 1290 g/mol. The maximum Gasteiger partial charge on any atom is 1.00 e. The van der Waals surface area contributed by atoms with Crippen LogP contribution in [0.25, 0.3) is 22.6 Å². The Morgan fingerprint density at radius 2 is 1.43 bits per heavy atom. The third kappa shape index (κ3) is 17.8. The van der Waals surface area contributed by atoms with Gasteiger partial charge in [0.1, 0.15) is 66.0 Å². The molecule has 0 radical (unpaired) electrons. The van der Waals surface area contributed by atoms with Crippen molar-refractivity contribution in [1.29, 1.82) is 0 Å². The van der Waals surface area contributed by atoms with E-state index >= 15 is 0 Å². The molecule has 4 aromatic rings. The van der Waals surface area contributed by atoms with Gasteiger partial charge in [-0.1, -0.05) is 50.0 Å². The van der Waals surface area contributed by atoms with Crippen molar-refractivity contribution in [2.24, 2.45) is 11.7 Å². The molecule has 3 saturated heterocycles. The van der Waals surface area contributed by atoms with Gasteiger partial charge in [0.05, 0.1) is 37.4 Å². The fourth-order valence-electron chi connectivity index (χ4n) is 10.3. The molecular weight excluding hydrogens is 1220 g/mol. The van der Waals surface area contributed by atoms with Gasteiger partial charge in [-0.15, -0.1) is 0 Å². The minimum Gasteiger partial charge on any atom is -0.716 e. The predicted molar refractivity (Wildman–Crippen MR) is 302 cm³/mol.